The Morgan fingerprint density at radius 2 is 2.40 bits per heavy atom. The summed E-state index contributed by atoms with van der Waals surface area (Å²) in [4.78, 5) is 14.3. The van der Waals surface area contributed by atoms with Crippen molar-refractivity contribution >= 4 is 11.8 Å². The van der Waals surface area contributed by atoms with Crippen molar-refractivity contribution < 1.29 is 9.32 Å². The third kappa shape index (κ3) is 4.31. The van der Waals surface area contributed by atoms with Gasteiger partial charge in [0, 0.05) is 12.1 Å². The zero-order valence-electron chi connectivity index (χ0n) is 12.3. The van der Waals surface area contributed by atoms with Crippen molar-refractivity contribution in [1.82, 2.24) is 15.4 Å². The van der Waals surface area contributed by atoms with Crippen LogP contribution in [-0.2, 0) is 4.79 Å². The van der Waals surface area contributed by atoms with Gasteiger partial charge in [0.1, 0.15) is 0 Å². The van der Waals surface area contributed by atoms with Gasteiger partial charge in [0.2, 0.25) is 11.8 Å². The lowest BCUT2D eigenvalue weighted by molar-refractivity contribution is -0.118. The molecule has 1 amide bonds. The van der Waals surface area contributed by atoms with Gasteiger partial charge in [-0.3, -0.25) is 15.0 Å². The first-order valence-electron chi connectivity index (χ1n) is 7.31. The predicted molar refractivity (Wildman–Crippen MR) is 77.6 cm³/mol. The fraction of sp³-hybridized carbons (Fsp3) is 0.714. The highest BCUT2D eigenvalue weighted by atomic mass is 16.5. The van der Waals surface area contributed by atoms with E-state index in [1.165, 1.54) is 19.3 Å². The van der Waals surface area contributed by atoms with Crippen LogP contribution in [0.25, 0.3) is 0 Å². The molecule has 112 valence electrons. The summed E-state index contributed by atoms with van der Waals surface area (Å²) in [5.41, 5.74) is 0.769. The molecule has 2 N–H and O–H groups in total. The van der Waals surface area contributed by atoms with E-state index in [1.807, 2.05) is 14.0 Å². The molecule has 1 atom stereocenters. The predicted octanol–water partition coefficient (Wildman–Crippen LogP) is 1.39. The third-order valence-electron chi connectivity index (χ3n) is 3.71. The van der Waals surface area contributed by atoms with Crippen LogP contribution in [0.15, 0.2) is 10.6 Å². The molecular formula is C14H24N4O2. The number of amides is 1. The van der Waals surface area contributed by atoms with Gasteiger partial charge in [-0.15, -0.1) is 0 Å². The number of hydrogen-bond acceptors (Lipinski definition) is 5. The molecule has 0 spiro atoms. The minimum atomic E-state index is -0.0301. The Morgan fingerprint density at radius 3 is 3.10 bits per heavy atom. The SMILES string of the molecule is CNCCC1CCCCN1CC(=O)Nc1cc(C)no1. The smallest absolute Gasteiger partial charge is 0.240 e. The molecule has 1 unspecified atom stereocenters. The van der Waals surface area contributed by atoms with Crippen molar-refractivity contribution in [1.29, 1.82) is 0 Å². The Balaban J connectivity index is 1.84. The molecule has 2 heterocycles. The number of hydrogen-bond donors (Lipinski definition) is 2. The molecule has 1 aromatic heterocycles. The summed E-state index contributed by atoms with van der Waals surface area (Å²) in [5.74, 6) is 0.397. The minimum Gasteiger partial charge on any atom is -0.338 e. The number of aryl methyl sites for hydroxylation is 1. The molecule has 1 aliphatic heterocycles. The number of likely N-dealkylation sites (tertiary alicyclic amines) is 1. The van der Waals surface area contributed by atoms with Gasteiger partial charge in [-0.1, -0.05) is 11.6 Å². The van der Waals surface area contributed by atoms with Crippen LogP contribution >= 0.6 is 0 Å². The standard InChI is InChI=1S/C14H24N4O2/c1-11-9-14(20-17-11)16-13(19)10-18-8-4-3-5-12(18)6-7-15-2/h9,12,15H,3-8,10H2,1-2H3,(H,16,19). The van der Waals surface area contributed by atoms with Crippen LogP contribution in [0.1, 0.15) is 31.4 Å². The number of aromatic nitrogens is 1. The molecule has 1 aliphatic rings. The van der Waals surface area contributed by atoms with Gasteiger partial charge in [0.05, 0.1) is 12.2 Å². The van der Waals surface area contributed by atoms with E-state index in [0.29, 0.717) is 18.5 Å². The summed E-state index contributed by atoms with van der Waals surface area (Å²) >= 11 is 0. The Kier molecular flexibility index (Phi) is 5.55. The molecule has 0 saturated carbocycles. The highest BCUT2D eigenvalue weighted by Gasteiger charge is 2.24. The van der Waals surface area contributed by atoms with E-state index in [-0.39, 0.29) is 5.91 Å². The van der Waals surface area contributed by atoms with Crippen LogP contribution < -0.4 is 10.6 Å². The summed E-state index contributed by atoms with van der Waals surface area (Å²) in [5, 5.41) is 9.70. The lowest BCUT2D eigenvalue weighted by Crippen LogP contribution is -2.44. The first kappa shape index (κ1) is 15.0. The zero-order valence-corrected chi connectivity index (χ0v) is 12.3. The van der Waals surface area contributed by atoms with E-state index in [2.05, 4.69) is 20.7 Å². The number of carbonyl (C=O) groups is 1. The van der Waals surface area contributed by atoms with Crippen molar-refractivity contribution in [2.24, 2.45) is 0 Å². The molecule has 1 fully saturated rings. The van der Waals surface area contributed by atoms with Crippen LogP contribution in [-0.4, -0.2) is 48.7 Å². The molecule has 2 rings (SSSR count). The maximum absolute atomic E-state index is 12.1. The van der Waals surface area contributed by atoms with Gasteiger partial charge in [0.15, 0.2) is 0 Å². The first-order chi connectivity index (χ1) is 9.69. The number of piperidine rings is 1. The number of nitrogens with zero attached hydrogens (tertiary/aromatic N) is 2. The van der Waals surface area contributed by atoms with Crippen LogP contribution in [0, 0.1) is 6.92 Å². The quantitative estimate of drug-likeness (QED) is 0.824. The van der Waals surface area contributed by atoms with Crippen LogP contribution in [0.3, 0.4) is 0 Å². The second kappa shape index (κ2) is 7.40. The zero-order chi connectivity index (χ0) is 14.4. The highest BCUT2D eigenvalue weighted by Crippen LogP contribution is 2.19. The molecule has 0 aromatic carbocycles. The van der Waals surface area contributed by atoms with Crippen molar-refractivity contribution in [2.75, 3.05) is 32.0 Å². The van der Waals surface area contributed by atoms with E-state index < -0.39 is 0 Å². The summed E-state index contributed by atoms with van der Waals surface area (Å²) in [6.07, 6.45) is 4.69. The maximum atomic E-state index is 12.1. The van der Waals surface area contributed by atoms with Gasteiger partial charge < -0.3 is 9.84 Å². The van der Waals surface area contributed by atoms with Crippen molar-refractivity contribution in [3.8, 4) is 0 Å². The normalized spacial score (nSPS) is 20.0. The molecule has 6 heteroatoms. The summed E-state index contributed by atoms with van der Waals surface area (Å²) < 4.78 is 5.01. The molecule has 6 nitrogen and oxygen atoms in total. The van der Waals surface area contributed by atoms with E-state index in [0.717, 1.165) is 25.2 Å². The van der Waals surface area contributed by atoms with Gasteiger partial charge in [-0.25, -0.2) is 0 Å². The summed E-state index contributed by atoms with van der Waals surface area (Å²) in [6.45, 7) is 4.24. The lowest BCUT2D eigenvalue weighted by atomic mass is 9.99. The fourth-order valence-electron chi connectivity index (χ4n) is 2.69. The van der Waals surface area contributed by atoms with E-state index in [1.54, 1.807) is 6.07 Å². The average molecular weight is 280 g/mol. The maximum Gasteiger partial charge on any atom is 0.240 e. The van der Waals surface area contributed by atoms with Crippen molar-refractivity contribution in [3.63, 3.8) is 0 Å². The number of anilines is 1. The Hall–Kier alpha value is -1.40. The Morgan fingerprint density at radius 1 is 1.55 bits per heavy atom. The first-order valence-corrected chi connectivity index (χ1v) is 7.31. The van der Waals surface area contributed by atoms with Gasteiger partial charge in [-0.2, -0.15) is 0 Å². The molecule has 0 radical (unpaired) electrons. The molecule has 1 aromatic rings. The van der Waals surface area contributed by atoms with Crippen LogP contribution in [0.5, 0.6) is 0 Å². The topological polar surface area (TPSA) is 70.4 Å². The largest absolute Gasteiger partial charge is 0.338 e. The number of carbonyl (C=O) groups excluding carboxylic acids is 1. The summed E-state index contributed by atoms with van der Waals surface area (Å²) in [6, 6.07) is 2.23. The molecule has 0 aliphatic carbocycles. The highest BCUT2D eigenvalue weighted by molar-refractivity contribution is 5.91. The van der Waals surface area contributed by atoms with Crippen LogP contribution in [0.4, 0.5) is 5.88 Å². The minimum absolute atomic E-state index is 0.0301. The number of nitrogens with one attached hydrogen (secondary N) is 2. The van der Waals surface area contributed by atoms with Crippen molar-refractivity contribution in [2.45, 2.75) is 38.6 Å². The third-order valence-corrected chi connectivity index (χ3v) is 3.71. The van der Waals surface area contributed by atoms with Gasteiger partial charge in [-0.05, 0) is 46.3 Å². The molecular weight excluding hydrogens is 256 g/mol. The summed E-state index contributed by atoms with van der Waals surface area (Å²) in [7, 11) is 1.96. The van der Waals surface area contributed by atoms with E-state index in [9.17, 15) is 4.79 Å². The Labute approximate surface area is 119 Å². The van der Waals surface area contributed by atoms with Crippen LogP contribution in [0.2, 0.25) is 0 Å². The van der Waals surface area contributed by atoms with E-state index in [4.69, 9.17) is 4.52 Å². The Bertz CT molecular complexity index is 433. The lowest BCUT2D eigenvalue weighted by Gasteiger charge is -2.35. The second-order valence-corrected chi connectivity index (χ2v) is 5.39. The number of rotatable bonds is 6. The second-order valence-electron chi connectivity index (χ2n) is 5.39. The monoisotopic (exact) mass is 280 g/mol. The molecule has 0 bridgehead atoms. The molecule has 1 saturated heterocycles. The van der Waals surface area contributed by atoms with Crippen molar-refractivity contribution in [3.05, 3.63) is 11.8 Å². The average Bonchev–Trinajstić information content (AvgIpc) is 2.83. The fourth-order valence-corrected chi connectivity index (χ4v) is 2.69. The van der Waals surface area contributed by atoms with Gasteiger partial charge >= 0.3 is 0 Å². The van der Waals surface area contributed by atoms with Gasteiger partial charge in [0.25, 0.3) is 0 Å². The van der Waals surface area contributed by atoms with E-state index >= 15 is 0 Å². The molecule has 20 heavy (non-hydrogen) atoms.